The molecule has 0 saturated carbocycles. The maximum atomic E-state index is 13.9. The highest BCUT2D eigenvalue weighted by Gasteiger charge is 2.17. The number of aryl methyl sites for hydroxylation is 1. The van der Waals surface area contributed by atoms with E-state index in [2.05, 4.69) is 15.4 Å². The van der Waals surface area contributed by atoms with Gasteiger partial charge in [0, 0.05) is 23.8 Å². The Balaban J connectivity index is 1.66. The summed E-state index contributed by atoms with van der Waals surface area (Å²) in [6.45, 7) is 1.76. The van der Waals surface area contributed by atoms with E-state index in [-0.39, 0.29) is 16.8 Å². The van der Waals surface area contributed by atoms with Crippen LogP contribution in [0.2, 0.25) is 0 Å². The normalized spacial score (nSPS) is 10.9. The van der Waals surface area contributed by atoms with Gasteiger partial charge >= 0.3 is 0 Å². The van der Waals surface area contributed by atoms with Crippen LogP contribution >= 0.6 is 11.3 Å². The van der Waals surface area contributed by atoms with Gasteiger partial charge in [-0.25, -0.2) is 9.37 Å². The lowest BCUT2D eigenvalue weighted by Crippen LogP contribution is -2.15. The first-order chi connectivity index (χ1) is 13.4. The number of nitrogens with one attached hydrogen (secondary N) is 1. The van der Waals surface area contributed by atoms with E-state index in [1.165, 1.54) is 46.4 Å². The number of fused-ring (bicyclic) bond motifs is 1. The summed E-state index contributed by atoms with van der Waals surface area (Å²) >= 11 is 1.24. The van der Waals surface area contributed by atoms with Crippen LogP contribution in [0.15, 0.2) is 48.5 Å². The molecule has 10 heteroatoms. The van der Waals surface area contributed by atoms with Crippen molar-refractivity contribution in [3.8, 4) is 5.13 Å². The Hall–Kier alpha value is -3.66. The molecule has 0 spiro atoms. The first kappa shape index (κ1) is 17.7. The van der Waals surface area contributed by atoms with Crippen molar-refractivity contribution in [1.29, 1.82) is 0 Å². The number of nitrogens with zero attached hydrogens (tertiary/aromatic N) is 4. The molecule has 140 valence electrons. The Morgan fingerprint density at radius 1 is 1.25 bits per heavy atom. The van der Waals surface area contributed by atoms with Gasteiger partial charge in [0.2, 0.25) is 5.13 Å². The molecule has 2 aromatic carbocycles. The van der Waals surface area contributed by atoms with E-state index in [1.54, 1.807) is 25.1 Å². The average Bonchev–Trinajstić information content (AvgIpc) is 3.26. The quantitative estimate of drug-likeness (QED) is 0.413. The van der Waals surface area contributed by atoms with E-state index in [4.69, 9.17) is 0 Å². The van der Waals surface area contributed by atoms with Crippen molar-refractivity contribution in [3.63, 3.8) is 0 Å². The number of nitro groups is 1. The monoisotopic (exact) mass is 397 g/mol. The van der Waals surface area contributed by atoms with Crippen molar-refractivity contribution in [2.75, 3.05) is 5.32 Å². The number of hydrogen-bond acceptors (Lipinski definition) is 6. The number of carbonyl (C=O) groups is 1. The van der Waals surface area contributed by atoms with Crippen molar-refractivity contribution in [2.24, 2.45) is 0 Å². The van der Waals surface area contributed by atoms with Crippen molar-refractivity contribution in [1.82, 2.24) is 14.8 Å². The van der Waals surface area contributed by atoms with E-state index in [0.29, 0.717) is 21.3 Å². The number of non-ortho nitro benzene ring substituents is 1. The molecule has 0 unspecified atom stereocenters. The number of aromatic nitrogens is 3. The molecule has 1 amide bonds. The van der Waals surface area contributed by atoms with Crippen LogP contribution in [0.4, 0.5) is 15.9 Å². The van der Waals surface area contributed by atoms with E-state index < -0.39 is 16.6 Å². The summed E-state index contributed by atoms with van der Waals surface area (Å²) in [5.74, 6) is -0.524. The SMILES string of the molecule is Cc1cc(NC(=O)c2ccc([N+](=O)[O-])cc2)n(-c2nc3c(F)cccc3s2)n1. The molecule has 0 aliphatic heterocycles. The lowest BCUT2D eigenvalue weighted by atomic mass is 10.2. The zero-order valence-electron chi connectivity index (χ0n) is 14.4. The molecule has 4 aromatic rings. The number of rotatable bonds is 4. The van der Waals surface area contributed by atoms with E-state index in [0.717, 1.165) is 0 Å². The number of para-hydroxylation sites is 1. The summed E-state index contributed by atoms with van der Waals surface area (Å²) in [7, 11) is 0. The molecule has 2 aromatic heterocycles. The second-order valence-electron chi connectivity index (χ2n) is 5.92. The zero-order chi connectivity index (χ0) is 19.8. The molecular formula is C18H12FN5O3S. The first-order valence-electron chi connectivity index (χ1n) is 8.10. The molecule has 0 aliphatic carbocycles. The Bertz CT molecular complexity index is 1220. The van der Waals surface area contributed by atoms with Gasteiger partial charge in [-0.15, -0.1) is 0 Å². The Morgan fingerprint density at radius 3 is 2.68 bits per heavy atom. The van der Waals surface area contributed by atoms with Crippen LogP contribution in [-0.4, -0.2) is 25.6 Å². The fourth-order valence-corrected chi connectivity index (χ4v) is 3.60. The third-order valence-corrected chi connectivity index (χ3v) is 4.95. The number of carbonyl (C=O) groups excluding carboxylic acids is 1. The minimum atomic E-state index is -0.535. The molecule has 4 rings (SSSR count). The van der Waals surface area contributed by atoms with Gasteiger partial charge in [-0.05, 0) is 31.2 Å². The number of thiazole rings is 1. The zero-order valence-corrected chi connectivity index (χ0v) is 15.2. The highest BCUT2D eigenvalue weighted by molar-refractivity contribution is 7.20. The van der Waals surface area contributed by atoms with Crippen LogP contribution in [0, 0.1) is 22.9 Å². The molecule has 0 aliphatic rings. The van der Waals surface area contributed by atoms with Gasteiger partial charge in [0.15, 0.2) is 0 Å². The summed E-state index contributed by atoms with van der Waals surface area (Å²) in [6, 6.07) is 11.6. The number of anilines is 1. The standard InChI is InChI=1S/C18H12FN5O3S/c1-10-9-15(20-17(25)11-5-7-12(8-6-11)24(26)27)23(22-10)18-21-16-13(19)3-2-4-14(16)28-18/h2-9H,1H3,(H,20,25). The van der Waals surface area contributed by atoms with E-state index in [9.17, 15) is 19.3 Å². The summed E-state index contributed by atoms with van der Waals surface area (Å²) in [4.78, 5) is 27.0. The number of nitro benzene ring substituents is 1. The minimum absolute atomic E-state index is 0.103. The molecule has 0 fully saturated rings. The van der Waals surface area contributed by atoms with Crippen molar-refractivity contribution >= 4 is 39.0 Å². The molecule has 28 heavy (non-hydrogen) atoms. The second kappa shape index (κ2) is 6.82. The number of hydrogen-bond donors (Lipinski definition) is 1. The van der Waals surface area contributed by atoms with Crippen molar-refractivity contribution in [3.05, 3.63) is 75.7 Å². The average molecular weight is 397 g/mol. The fraction of sp³-hybridized carbons (Fsp3) is 0.0556. The molecule has 0 radical (unpaired) electrons. The molecule has 0 atom stereocenters. The van der Waals surface area contributed by atoms with Crippen molar-refractivity contribution in [2.45, 2.75) is 6.92 Å². The predicted octanol–water partition coefficient (Wildman–Crippen LogP) is 4.09. The number of amides is 1. The third kappa shape index (κ3) is 3.21. The highest BCUT2D eigenvalue weighted by Crippen LogP contribution is 2.28. The van der Waals surface area contributed by atoms with Crippen LogP contribution < -0.4 is 5.32 Å². The lowest BCUT2D eigenvalue weighted by molar-refractivity contribution is -0.384. The fourth-order valence-electron chi connectivity index (χ4n) is 2.65. The maximum Gasteiger partial charge on any atom is 0.269 e. The Morgan fingerprint density at radius 2 is 2.00 bits per heavy atom. The van der Waals surface area contributed by atoms with Gasteiger partial charge in [-0.3, -0.25) is 14.9 Å². The topological polar surface area (TPSA) is 103 Å². The molecule has 0 saturated heterocycles. The summed E-state index contributed by atoms with van der Waals surface area (Å²) in [5, 5.41) is 18.2. The lowest BCUT2D eigenvalue weighted by Gasteiger charge is -2.06. The van der Waals surface area contributed by atoms with Gasteiger partial charge in [0.1, 0.15) is 17.2 Å². The van der Waals surface area contributed by atoms with E-state index >= 15 is 0 Å². The van der Waals surface area contributed by atoms with Gasteiger partial charge < -0.3 is 5.32 Å². The second-order valence-corrected chi connectivity index (χ2v) is 6.93. The van der Waals surface area contributed by atoms with Gasteiger partial charge in [0.25, 0.3) is 11.6 Å². The molecule has 2 heterocycles. The smallest absolute Gasteiger partial charge is 0.269 e. The molecule has 8 nitrogen and oxygen atoms in total. The Kier molecular flexibility index (Phi) is 4.32. The van der Waals surface area contributed by atoms with Gasteiger partial charge in [0.05, 0.1) is 15.3 Å². The molecular weight excluding hydrogens is 385 g/mol. The van der Waals surface area contributed by atoms with Crippen LogP contribution in [0.25, 0.3) is 15.3 Å². The summed E-state index contributed by atoms with van der Waals surface area (Å²) in [6.07, 6.45) is 0. The first-order valence-corrected chi connectivity index (χ1v) is 8.92. The summed E-state index contributed by atoms with van der Waals surface area (Å²) in [5.41, 5.74) is 1.03. The molecule has 1 N–H and O–H groups in total. The number of halogens is 1. The molecule has 0 bridgehead atoms. The summed E-state index contributed by atoms with van der Waals surface area (Å²) < 4.78 is 16.0. The Labute approximate surface area is 161 Å². The van der Waals surface area contributed by atoms with Gasteiger partial charge in [-0.1, -0.05) is 17.4 Å². The van der Waals surface area contributed by atoms with Crippen LogP contribution in [0.3, 0.4) is 0 Å². The van der Waals surface area contributed by atoms with Crippen molar-refractivity contribution < 1.29 is 14.1 Å². The van der Waals surface area contributed by atoms with E-state index in [1.807, 2.05) is 0 Å². The number of benzene rings is 2. The van der Waals surface area contributed by atoms with Crippen LogP contribution in [0.5, 0.6) is 0 Å². The van der Waals surface area contributed by atoms with Crippen LogP contribution in [-0.2, 0) is 0 Å². The minimum Gasteiger partial charge on any atom is -0.306 e. The van der Waals surface area contributed by atoms with Crippen LogP contribution in [0.1, 0.15) is 16.1 Å². The third-order valence-electron chi connectivity index (χ3n) is 3.95. The highest BCUT2D eigenvalue weighted by atomic mass is 32.1. The van der Waals surface area contributed by atoms with Gasteiger partial charge in [-0.2, -0.15) is 9.78 Å². The predicted molar refractivity (Wildman–Crippen MR) is 102 cm³/mol. The largest absolute Gasteiger partial charge is 0.306 e. The maximum absolute atomic E-state index is 13.9.